The van der Waals surface area contributed by atoms with Crippen LogP contribution in [0.4, 0.5) is 0 Å². The molecule has 1 amide bonds. The van der Waals surface area contributed by atoms with Crippen LogP contribution in [0.25, 0.3) is 0 Å². The van der Waals surface area contributed by atoms with E-state index in [1.165, 1.54) is 7.11 Å². The molecule has 122 valence electrons. The van der Waals surface area contributed by atoms with Gasteiger partial charge >= 0.3 is 5.97 Å². The number of carbonyl (C=O) groups is 2. The summed E-state index contributed by atoms with van der Waals surface area (Å²) in [5.41, 5.74) is -0.379. The zero-order chi connectivity index (χ0) is 15.9. The van der Waals surface area contributed by atoms with Crippen LogP contribution in [-0.2, 0) is 14.3 Å². The zero-order valence-electron chi connectivity index (χ0n) is 13.8. The first kappa shape index (κ1) is 18.0. The Hall–Kier alpha value is -1.10. The largest absolute Gasteiger partial charge is 0.467 e. The van der Waals surface area contributed by atoms with Gasteiger partial charge < -0.3 is 15.4 Å². The van der Waals surface area contributed by atoms with Gasteiger partial charge in [-0.05, 0) is 38.1 Å². The Kier molecular flexibility index (Phi) is 7.15. The average molecular weight is 298 g/mol. The molecule has 0 radical (unpaired) electrons. The minimum absolute atomic E-state index is 0.00685. The summed E-state index contributed by atoms with van der Waals surface area (Å²) in [4.78, 5) is 24.6. The fraction of sp³-hybridized carbons (Fsp3) is 0.875. The van der Waals surface area contributed by atoms with E-state index in [1.54, 1.807) is 0 Å². The first-order chi connectivity index (χ1) is 9.95. The van der Waals surface area contributed by atoms with Crippen LogP contribution in [0.5, 0.6) is 0 Å². The molecular weight excluding hydrogens is 268 g/mol. The second-order valence-corrected chi connectivity index (χ2v) is 6.49. The first-order valence-corrected chi connectivity index (χ1v) is 8.04. The Morgan fingerprint density at radius 1 is 1.38 bits per heavy atom. The third-order valence-electron chi connectivity index (χ3n) is 4.18. The lowest BCUT2D eigenvalue weighted by molar-refractivity contribution is -0.147. The maximum absolute atomic E-state index is 12.8. The summed E-state index contributed by atoms with van der Waals surface area (Å²) in [7, 11) is 1.37. The second kappa shape index (κ2) is 8.37. The van der Waals surface area contributed by atoms with E-state index in [2.05, 4.69) is 17.6 Å². The molecule has 0 aromatic carbocycles. The van der Waals surface area contributed by atoms with Gasteiger partial charge in [-0.2, -0.15) is 0 Å². The number of rotatable bonds is 7. The highest BCUT2D eigenvalue weighted by Gasteiger charge is 2.40. The van der Waals surface area contributed by atoms with Crippen LogP contribution >= 0.6 is 0 Å². The van der Waals surface area contributed by atoms with E-state index < -0.39 is 6.04 Å². The number of methoxy groups -OCH3 is 1. The summed E-state index contributed by atoms with van der Waals surface area (Å²) >= 11 is 0. The van der Waals surface area contributed by atoms with Gasteiger partial charge in [-0.1, -0.05) is 27.2 Å². The molecule has 21 heavy (non-hydrogen) atoms. The lowest BCUT2D eigenvalue weighted by Gasteiger charge is -2.37. The van der Waals surface area contributed by atoms with Crippen molar-refractivity contribution in [1.82, 2.24) is 10.6 Å². The monoisotopic (exact) mass is 298 g/mol. The molecule has 1 fully saturated rings. The van der Waals surface area contributed by atoms with Crippen molar-refractivity contribution in [2.45, 2.75) is 58.9 Å². The van der Waals surface area contributed by atoms with Crippen molar-refractivity contribution in [2.75, 3.05) is 20.2 Å². The van der Waals surface area contributed by atoms with Crippen LogP contribution in [-0.4, -0.2) is 38.1 Å². The third kappa shape index (κ3) is 4.99. The summed E-state index contributed by atoms with van der Waals surface area (Å²) < 4.78 is 4.83. The molecule has 1 aliphatic heterocycles. The maximum Gasteiger partial charge on any atom is 0.328 e. The molecule has 1 rings (SSSR count). The Labute approximate surface area is 128 Å². The molecule has 1 aliphatic rings. The Bertz CT molecular complexity index is 344. The van der Waals surface area contributed by atoms with Crippen molar-refractivity contribution in [1.29, 1.82) is 0 Å². The third-order valence-corrected chi connectivity index (χ3v) is 4.18. The van der Waals surface area contributed by atoms with Crippen LogP contribution in [0.2, 0.25) is 0 Å². The van der Waals surface area contributed by atoms with E-state index in [1.807, 2.05) is 13.8 Å². The minimum atomic E-state index is -0.543. The van der Waals surface area contributed by atoms with Crippen molar-refractivity contribution in [3.8, 4) is 0 Å². The molecule has 2 N–H and O–H groups in total. The lowest BCUT2D eigenvalue weighted by atomic mass is 9.76. The van der Waals surface area contributed by atoms with Gasteiger partial charge in [0.2, 0.25) is 5.91 Å². The molecule has 0 saturated carbocycles. The zero-order valence-corrected chi connectivity index (χ0v) is 13.8. The number of amides is 1. The number of esters is 1. The first-order valence-electron chi connectivity index (χ1n) is 8.04. The number of piperidine rings is 1. The molecule has 5 nitrogen and oxygen atoms in total. The highest BCUT2D eigenvalue weighted by atomic mass is 16.5. The fourth-order valence-corrected chi connectivity index (χ4v) is 3.11. The van der Waals surface area contributed by atoms with E-state index >= 15 is 0 Å². The summed E-state index contributed by atoms with van der Waals surface area (Å²) in [6.07, 6.45) is 4.30. The topological polar surface area (TPSA) is 67.4 Å². The quantitative estimate of drug-likeness (QED) is 0.704. The molecule has 2 unspecified atom stereocenters. The van der Waals surface area contributed by atoms with Gasteiger partial charge in [0, 0.05) is 6.54 Å². The van der Waals surface area contributed by atoms with Crippen LogP contribution in [0.1, 0.15) is 52.9 Å². The second-order valence-electron chi connectivity index (χ2n) is 6.49. The summed E-state index contributed by atoms with van der Waals surface area (Å²) in [5.74, 6) is -0.0407. The number of nitrogens with one attached hydrogen (secondary N) is 2. The van der Waals surface area contributed by atoms with Gasteiger partial charge in [0.25, 0.3) is 0 Å². The van der Waals surface area contributed by atoms with Crippen molar-refractivity contribution in [3.05, 3.63) is 0 Å². The number of carbonyl (C=O) groups excluding carboxylic acids is 2. The highest BCUT2D eigenvalue weighted by molar-refractivity contribution is 5.88. The van der Waals surface area contributed by atoms with Crippen LogP contribution in [0, 0.1) is 11.3 Å². The molecule has 0 aromatic heterocycles. The van der Waals surface area contributed by atoms with Crippen LogP contribution in [0.15, 0.2) is 0 Å². The maximum atomic E-state index is 12.8. The molecule has 0 bridgehead atoms. The van der Waals surface area contributed by atoms with E-state index in [9.17, 15) is 9.59 Å². The fourth-order valence-electron chi connectivity index (χ4n) is 3.11. The van der Waals surface area contributed by atoms with Crippen molar-refractivity contribution in [2.24, 2.45) is 11.3 Å². The standard InChI is InChI=1S/C16H30N2O3/c1-5-7-16(8-6-9-17-11-16)15(20)18-13(10-12(2)3)14(19)21-4/h12-13,17H,5-11H2,1-4H3,(H,18,20). The molecular formula is C16H30N2O3. The number of hydrogen-bond acceptors (Lipinski definition) is 4. The lowest BCUT2D eigenvalue weighted by Crippen LogP contribution is -2.54. The SMILES string of the molecule is CCCC1(C(=O)NC(CC(C)C)C(=O)OC)CCCNC1. The molecule has 0 aromatic rings. The molecule has 1 heterocycles. The summed E-state index contributed by atoms with van der Waals surface area (Å²) in [6, 6.07) is -0.543. The molecule has 0 aliphatic carbocycles. The Morgan fingerprint density at radius 2 is 2.10 bits per heavy atom. The van der Waals surface area contributed by atoms with E-state index in [-0.39, 0.29) is 17.3 Å². The van der Waals surface area contributed by atoms with E-state index in [4.69, 9.17) is 4.74 Å². The summed E-state index contributed by atoms with van der Waals surface area (Å²) in [5, 5.41) is 6.26. The van der Waals surface area contributed by atoms with E-state index in [0.29, 0.717) is 18.9 Å². The van der Waals surface area contributed by atoms with Gasteiger partial charge in [0.05, 0.1) is 12.5 Å². The van der Waals surface area contributed by atoms with E-state index in [0.717, 1.165) is 32.2 Å². The summed E-state index contributed by atoms with van der Waals surface area (Å²) in [6.45, 7) is 7.82. The Morgan fingerprint density at radius 3 is 2.57 bits per heavy atom. The van der Waals surface area contributed by atoms with Gasteiger partial charge in [0.15, 0.2) is 0 Å². The van der Waals surface area contributed by atoms with Gasteiger partial charge in [-0.3, -0.25) is 4.79 Å². The molecule has 5 heteroatoms. The average Bonchev–Trinajstić information content (AvgIpc) is 2.46. The van der Waals surface area contributed by atoms with Gasteiger partial charge in [-0.25, -0.2) is 4.79 Å². The molecule has 0 spiro atoms. The number of ether oxygens (including phenoxy) is 1. The minimum Gasteiger partial charge on any atom is -0.467 e. The van der Waals surface area contributed by atoms with Gasteiger partial charge in [0.1, 0.15) is 6.04 Å². The van der Waals surface area contributed by atoms with Crippen molar-refractivity contribution < 1.29 is 14.3 Å². The van der Waals surface area contributed by atoms with Gasteiger partial charge in [-0.15, -0.1) is 0 Å². The molecule has 1 saturated heterocycles. The normalized spacial score (nSPS) is 23.7. The van der Waals surface area contributed by atoms with Crippen molar-refractivity contribution in [3.63, 3.8) is 0 Å². The molecule has 2 atom stereocenters. The van der Waals surface area contributed by atoms with Crippen LogP contribution < -0.4 is 10.6 Å². The predicted molar refractivity (Wildman–Crippen MR) is 82.8 cm³/mol. The number of hydrogen-bond donors (Lipinski definition) is 2. The predicted octanol–water partition coefficient (Wildman–Crippen LogP) is 1.86. The van der Waals surface area contributed by atoms with Crippen LogP contribution in [0.3, 0.4) is 0 Å². The highest BCUT2D eigenvalue weighted by Crippen LogP contribution is 2.32. The Balaban J connectivity index is 2.79. The smallest absolute Gasteiger partial charge is 0.328 e. The van der Waals surface area contributed by atoms with Crippen molar-refractivity contribution >= 4 is 11.9 Å².